The van der Waals surface area contributed by atoms with Gasteiger partial charge in [0.15, 0.2) is 0 Å². The highest BCUT2D eigenvalue weighted by Crippen LogP contribution is 1.91. The van der Waals surface area contributed by atoms with Gasteiger partial charge < -0.3 is 5.32 Å². The van der Waals surface area contributed by atoms with Gasteiger partial charge in [-0.1, -0.05) is 13.8 Å². The Kier molecular flexibility index (Phi) is 11.8. The maximum Gasteiger partial charge on any atom is 0.0621 e. The van der Waals surface area contributed by atoms with Gasteiger partial charge in [-0.15, -0.1) is 12.4 Å². The number of unbranched alkanes of at least 4 members (excludes halogenated alkanes) is 2. The summed E-state index contributed by atoms with van der Waals surface area (Å²) >= 11 is 0. The second-order valence-electron chi connectivity index (χ2n) is 2.72. The Morgan fingerprint density at radius 1 is 1.36 bits per heavy atom. The third-order valence-electron chi connectivity index (χ3n) is 1.27. The van der Waals surface area contributed by atoms with Crippen LogP contribution in [0.25, 0.3) is 0 Å². The Morgan fingerprint density at radius 2 is 2.00 bits per heavy atom. The molecule has 2 nitrogen and oxygen atoms in total. The minimum atomic E-state index is 0. The predicted octanol–water partition coefficient (Wildman–Crippen LogP) is 2.10. The molecular weight excluding hydrogens is 160 g/mol. The van der Waals surface area contributed by atoms with Crippen LogP contribution in [0.3, 0.4) is 0 Å². The number of rotatable bonds is 5. The lowest BCUT2D eigenvalue weighted by molar-refractivity contribution is 0.560. The van der Waals surface area contributed by atoms with E-state index in [-0.39, 0.29) is 12.4 Å². The lowest BCUT2D eigenvalue weighted by atomic mass is 10.2. The molecule has 0 rings (SSSR count). The van der Waals surface area contributed by atoms with Crippen molar-refractivity contribution in [3.05, 3.63) is 0 Å². The molecule has 0 fully saturated rings. The van der Waals surface area contributed by atoms with Gasteiger partial charge in [-0.05, 0) is 19.4 Å². The lowest BCUT2D eigenvalue weighted by Crippen LogP contribution is -2.23. The first kappa shape index (κ1) is 13.3. The number of hydrogen-bond acceptors (Lipinski definition) is 2. The van der Waals surface area contributed by atoms with Gasteiger partial charge in [0.25, 0.3) is 0 Å². The topological polar surface area (TPSA) is 35.8 Å². The molecule has 0 amide bonds. The van der Waals surface area contributed by atoms with Gasteiger partial charge in [-0.3, -0.25) is 0 Å². The summed E-state index contributed by atoms with van der Waals surface area (Å²) in [5, 5.41) is 11.5. The summed E-state index contributed by atoms with van der Waals surface area (Å²) in [6.45, 7) is 5.30. The first-order chi connectivity index (χ1) is 4.77. The Morgan fingerprint density at radius 3 is 2.45 bits per heavy atom. The third-order valence-corrected chi connectivity index (χ3v) is 1.27. The molecule has 0 aliphatic carbocycles. The highest BCUT2D eigenvalue weighted by Gasteiger charge is 1.90. The molecule has 0 saturated heterocycles. The minimum absolute atomic E-state index is 0. The van der Waals surface area contributed by atoms with E-state index in [1.807, 2.05) is 0 Å². The van der Waals surface area contributed by atoms with Gasteiger partial charge in [-0.25, -0.2) is 0 Å². The van der Waals surface area contributed by atoms with Crippen molar-refractivity contribution < 1.29 is 0 Å². The Balaban J connectivity index is 0. The molecule has 0 radical (unpaired) electrons. The van der Waals surface area contributed by atoms with Crippen LogP contribution in [0, 0.1) is 11.3 Å². The molecule has 66 valence electrons. The van der Waals surface area contributed by atoms with E-state index in [1.165, 1.54) is 0 Å². The highest BCUT2D eigenvalue weighted by atomic mass is 35.5. The maximum absolute atomic E-state index is 8.20. The van der Waals surface area contributed by atoms with Crippen LogP contribution in [-0.2, 0) is 0 Å². The molecule has 0 aliphatic heterocycles. The molecule has 11 heavy (non-hydrogen) atoms. The third kappa shape index (κ3) is 12.8. The number of halogens is 1. The zero-order valence-electron chi connectivity index (χ0n) is 7.26. The van der Waals surface area contributed by atoms with Gasteiger partial charge in [0.05, 0.1) is 6.07 Å². The second kappa shape index (κ2) is 9.74. The maximum atomic E-state index is 8.20. The smallest absolute Gasteiger partial charge is 0.0621 e. The number of hydrogen-bond donors (Lipinski definition) is 1. The van der Waals surface area contributed by atoms with Gasteiger partial charge in [0, 0.05) is 12.5 Å². The van der Waals surface area contributed by atoms with Crippen LogP contribution in [-0.4, -0.2) is 12.6 Å². The highest BCUT2D eigenvalue weighted by molar-refractivity contribution is 5.85. The standard InChI is InChI=1S/C8H16N2.ClH/c1-8(2)10-7-5-3-4-6-9;/h8,10H,3-5,7H2,1-2H3;1H. The van der Waals surface area contributed by atoms with Gasteiger partial charge >= 0.3 is 0 Å². The summed E-state index contributed by atoms with van der Waals surface area (Å²) in [6.07, 6.45) is 2.84. The van der Waals surface area contributed by atoms with Crippen molar-refractivity contribution in [3.8, 4) is 6.07 Å². The largest absolute Gasteiger partial charge is 0.315 e. The van der Waals surface area contributed by atoms with Crippen LogP contribution >= 0.6 is 12.4 Å². The van der Waals surface area contributed by atoms with E-state index in [1.54, 1.807) is 0 Å². The summed E-state index contributed by atoms with van der Waals surface area (Å²) in [5.41, 5.74) is 0. The molecule has 0 saturated carbocycles. The van der Waals surface area contributed by atoms with E-state index < -0.39 is 0 Å². The van der Waals surface area contributed by atoms with Crippen molar-refractivity contribution in [2.24, 2.45) is 0 Å². The fourth-order valence-corrected chi connectivity index (χ4v) is 0.720. The van der Waals surface area contributed by atoms with E-state index in [9.17, 15) is 0 Å². The zero-order chi connectivity index (χ0) is 7.82. The summed E-state index contributed by atoms with van der Waals surface area (Å²) in [6, 6.07) is 2.70. The SMILES string of the molecule is CC(C)NCCCCC#N.Cl. The number of nitriles is 1. The summed E-state index contributed by atoms with van der Waals surface area (Å²) < 4.78 is 0. The van der Waals surface area contributed by atoms with Gasteiger partial charge in [0.1, 0.15) is 0 Å². The second-order valence-corrected chi connectivity index (χ2v) is 2.72. The predicted molar refractivity (Wildman–Crippen MR) is 49.9 cm³/mol. The molecule has 0 aromatic carbocycles. The van der Waals surface area contributed by atoms with E-state index in [4.69, 9.17) is 5.26 Å². The van der Waals surface area contributed by atoms with Crippen LogP contribution < -0.4 is 5.32 Å². The molecule has 0 unspecified atom stereocenters. The van der Waals surface area contributed by atoms with Crippen molar-refractivity contribution in [3.63, 3.8) is 0 Å². The molecule has 0 aliphatic rings. The fourth-order valence-electron chi connectivity index (χ4n) is 0.720. The Bertz CT molecular complexity index is 107. The summed E-state index contributed by atoms with van der Waals surface area (Å²) in [5.74, 6) is 0. The van der Waals surface area contributed by atoms with E-state index in [0.717, 1.165) is 19.4 Å². The van der Waals surface area contributed by atoms with Crippen LogP contribution in [0.5, 0.6) is 0 Å². The fraction of sp³-hybridized carbons (Fsp3) is 0.875. The van der Waals surface area contributed by atoms with Crippen LogP contribution in [0.4, 0.5) is 0 Å². The molecule has 0 atom stereocenters. The van der Waals surface area contributed by atoms with Crippen LogP contribution in [0.2, 0.25) is 0 Å². The molecular formula is C8H17ClN2. The Labute approximate surface area is 75.4 Å². The number of nitrogens with one attached hydrogen (secondary N) is 1. The zero-order valence-corrected chi connectivity index (χ0v) is 8.08. The molecule has 3 heteroatoms. The van der Waals surface area contributed by atoms with E-state index in [2.05, 4.69) is 25.2 Å². The minimum Gasteiger partial charge on any atom is -0.315 e. The van der Waals surface area contributed by atoms with E-state index in [0.29, 0.717) is 12.5 Å². The van der Waals surface area contributed by atoms with Crippen molar-refractivity contribution in [1.82, 2.24) is 5.32 Å². The van der Waals surface area contributed by atoms with Crippen LogP contribution in [0.15, 0.2) is 0 Å². The molecule has 1 N–H and O–H groups in total. The molecule has 0 aromatic rings. The first-order valence-electron chi connectivity index (χ1n) is 3.87. The molecule has 0 heterocycles. The quantitative estimate of drug-likeness (QED) is 0.652. The van der Waals surface area contributed by atoms with Crippen LogP contribution in [0.1, 0.15) is 33.1 Å². The molecule has 0 spiro atoms. The normalized spacial score (nSPS) is 8.91. The van der Waals surface area contributed by atoms with Crippen molar-refractivity contribution in [2.75, 3.05) is 6.54 Å². The van der Waals surface area contributed by atoms with Crippen molar-refractivity contribution in [2.45, 2.75) is 39.2 Å². The summed E-state index contributed by atoms with van der Waals surface area (Å²) in [4.78, 5) is 0. The molecule has 0 bridgehead atoms. The average molecular weight is 177 g/mol. The number of nitrogens with zero attached hydrogens (tertiary/aromatic N) is 1. The van der Waals surface area contributed by atoms with Crippen molar-refractivity contribution >= 4 is 12.4 Å². The first-order valence-corrected chi connectivity index (χ1v) is 3.87. The van der Waals surface area contributed by atoms with Crippen molar-refractivity contribution in [1.29, 1.82) is 5.26 Å². The summed E-state index contributed by atoms with van der Waals surface area (Å²) in [7, 11) is 0. The van der Waals surface area contributed by atoms with Gasteiger partial charge in [-0.2, -0.15) is 5.26 Å². The van der Waals surface area contributed by atoms with Gasteiger partial charge in [0.2, 0.25) is 0 Å². The van der Waals surface area contributed by atoms with E-state index >= 15 is 0 Å². The molecule has 0 aromatic heterocycles. The monoisotopic (exact) mass is 176 g/mol. The average Bonchev–Trinajstić information content (AvgIpc) is 1.87. The Hall–Kier alpha value is -0.260. The lowest BCUT2D eigenvalue weighted by Gasteiger charge is -2.05.